The molecule has 1 atom stereocenters. The molecule has 114 valence electrons. The number of hydrogen-bond acceptors (Lipinski definition) is 4. The number of hydrogen-bond donors (Lipinski definition) is 2. The summed E-state index contributed by atoms with van der Waals surface area (Å²) in [5.74, 6) is 0. The van der Waals surface area contributed by atoms with Crippen molar-refractivity contribution < 1.29 is 8.42 Å². The average Bonchev–Trinajstić information content (AvgIpc) is 2.90. The highest BCUT2D eigenvalue weighted by Crippen LogP contribution is 2.22. The van der Waals surface area contributed by atoms with E-state index in [4.69, 9.17) is 11.6 Å². The Bertz CT molecular complexity index is 713. The molecule has 0 aliphatic carbocycles. The van der Waals surface area contributed by atoms with Gasteiger partial charge in [-0.05, 0) is 43.8 Å². The number of thiophene rings is 1. The van der Waals surface area contributed by atoms with E-state index in [2.05, 4.69) is 10.0 Å². The van der Waals surface area contributed by atoms with Crippen LogP contribution in [0.1, 0.15) is 23.4 Å². The first-order valence-electron chi connectivity index (χ1n) is 6.43. The molecule has 0 amide bonds. The van der Waals surface area contributed by atoms with E-state index < -0.39 is 10.0 Å². The molecular weight excluding hydrogens is 328 g/mol. The highest BCUT2D eigenvalue weighted by molar-refractivity contribution is 7.89. The normalized spacial score (nSPS) is 13.3. The molecule has 0 spiro atoms. The van der Waals surface area contributed by atoms with Crippen molar-refractivity contribution in [1.82, 2.24) is 10.0 Å². The average molecular weight is 345 g/mol. The maximum Gasteiger partial charge on any atom is 0.240 e. The Morgan fingerprint density at radius 2 is 2.05 bits per heavy atom. The van der Waals surface area contributed by atoms with Crippen molar-refractivity contribution in [3.63, 3.8) is 0 Å². The molecule has 2 rings (SSSR count). The van der Waals surface area contributed by atoms with Gasteiger partial charge in [0.25, 0.3) is 0 Å². The summed E-state index contributed by atoms with van der Waals surface area (Å²) in [6.45, 7) is 2.22. The van der Waals surface area contributed by atoms with Crippen LogP contribution >= 0.6 is 22.9 Å². The van der Waals surface area contributed by atoms with Crippen molar-refractivity contribution in [1.29, 1.82) is 0 Å². The Balaban J connectivity index is 2.15. The van der Waals surface area contributed by atoms with Crippen LogP contribution in [-0.2, 0) is 16.6 Å². The summed E-state index contributed by atoms with van der Waals surface area (Å²) in [6.07, 6.45) is 0. The van der Waals surface area contributed by atoms with Crippen molar-refractivity contribution in [2.45, 2.75) is 24.4 Å². The number of halogens is 1. The molecule has 0 aliphatic heterocycles. The third-order valence-corrected chi connectivity index (χ3v) is 5.80. The molecule has 0 aliphatic rings. The third kappa shape index (κ3) is 4.28. The van der Waals surface area contributed by atoms with E-state index in [0.717, 1.165) is 10.4 Å². The number of benzene rings is 1. The fraction of sp³-hybridized carbons (Fsp3) is 0.286. The highest BCUT2D eigenvalue weighted by atomic mass is 35.5. The molecule has 0 saturated heterocycles. The minimum atomic E-state index is -3.53. The van der Waals surface area contributed by atoms with Gasteiger partial charge in [0.1, 0.15) is 0 Å². The second-order valence-electron chi connectivity index (χ2n) is 4.61. The van der Waals surface area contributed by atoms with Crippen LogP contribution in [0.5, 0.6) is 0 Å². The maximum absolute atomic E-state index is 12.3. The van der Waals surface area contributed by atoms with E-state index in [1.54, 1.807) is 24.3 Å². The van der Waals surface area contributed by atoms with Crippen LogP contribution in [0.2, 0.25) is 4.34 Å². The molecule has 0 bridgehead atoms. The lowest BCUT2D eigenvalue weighted by molar-refractivity contribution is 0.581. The zero-order valence-electron chi connectivity index (χ0n) is 11.8. The van der Waals surface area contributed by atoms with Crippen LogP contribution in [-0.4, -0.2) is 15.5 Å². The Morgan fingerprint density at radius 3 is 2.67 bits per heavy atom. The van der Waals surface area contributed by atoms with Gasteiger partial charge in [0.2, 0.25) is 10.0 Å². The molecule has 1 heterocycles. The van der Waals surface area contributed by atoms with E-state index in [9.17, 15) is 8.42 Å². The largest absolute Gasteiger partial charge is 0.313 e. The minimum Gasteiger partial charge on any atom is -0.313 e. The third-order valence-electron chi connectivity index (χ3n) is 3.17. The van der Waals surface area contributed by atoms with Gasteiger partial charge in [0, 0.05) is 17.5 Å². The van der Waals surface area contributed by atoms with Crippen molar-refractivity contribution in [3.8, 4) is 0 Å². The van der Waals surface area contributed by atoms with Crippen LogP contribution in [0.25, 0.3) is 0 Å². The molecule has 7 heteroatoms. The predicted octanol–water partition coefficient (Wildman–Crippen LogP) is 3.16. The summed E-state index contributed by atoms with van der Waals surface area (Å²) in [4.78, 5) is 1.15. The Morgan fingerprint density at radius 1 is 1.29 bits per heavy atom. The maximum atomic E-state index is 12.3. The fourth-order valence-electron chi connectivity index (χ4n) is 1.81. The van der Waals surface area contributed by atoms with Gasteiger partial charge >= 0.3 is 0 Å². The minimum absolute atomic E-state index is 0.0938. The molecule has 1 aromatic heterocycles. The summed E-state index contributed by atoms with van der Waals surface area (Å²) in [5.41, 5.74) is 0.930. The highest BCUT2D eigenvalue weighted by Gasteiger charge is 2.15. The summed E-state index contributed by atoms with van der Waals surface area (Å²) in [6, 6.07) is 10.6. The van der Waals surface area contributed by atoms with Crippen LogP contribution in [0.3, 0.4) is 0 Å². The van der Waals surface area contributed by atoms with E-state index in [1.165, 1.54) is 11.3 Å². The van der Waals surface area contributed by atoms with Gasteiger partial charge in [-0.25, -0.2) is 13.1 Å². The second kappa shape index (κ2) is 6.89. The lowest BCUT2D eigenvalue weighted by Gasteiger charge is -2.12. The Labute approximate surface area is 134 Å². The summed E-state index contributed by atoms with van der Waals surface area (Å²) in [7, 11) is -1.69. The molecule has 1 aromatic carbocycles. The standard InChI is InChI=1S/C14H17ClN2O2S2/c1-10(16-2)11-4-3-5-13(8-11)21(18,19)17-9-12-6-7-14(15)20-12/h3-8,10,16-17H,9H2,1-2H3. The van der Waals surface area contributed by atoms with Crippen LogP contribution in [0, 0.1) is 0 Å². The number of nitrogens with one attached hydrogen (secondary N) is 2. The Hall–Kier alpha value is -0.920. The summed E-state index contributed by atoms with van der Waals surface area (Å²) in [5, 5.41) is 3.09. The van der Waals surface area contributed by atoms with Gasteiger partial charge in [-0.3, -0.25) is 0 Å². The monoisotopic (exact) mass is 344 g/mol. The van der Waals surface area contributed by atoms with Gasteiger partial charge in [-0.1, -0.05) is 23.7 Å². The van der Waals surface area contributed by atoms with Gasteiger partial charge < -0.3 is 5.32 Å². The zero-order chi connectivity index (χ0) is 15.5. The molecule has 0 saturated carbocycles. The molecule has 2 aromatic rings. The topological polar surface area (TPSA) is 58.2 Å². The molecule has 21 heavy (non-hydrogen) atoms. The first kappa shape index (κ1) is 16.5. The van der Waals surface area contributed by atoms with Gasteiger partial charge in [-0.2, -0.15) is 0 Å². The first-order valence-corrected chi connectivity index (χ1v) is 9.11. The fourth-order valence-corrected chi connectivity index (χ4v) is 3.99. The van der Waals surface area contributed by atoms with E-state index in [-0.39, 0.29) is 17.5 Å². The van der Waals surface area contributed by atoms with E-state index >= 15 is 0 Å². The van der Waals surface area contributed by atoms with Crippen molar-refractivity contribution >= 4 is 33.0 Å². The second-order valence-corrected chi connectivity index (χ2v) is 8.18. The van der Waals surface area contributed by atoms with Gasteiger partial charge in [0.15, 0.2) is 0 Å². The lowest BCUT2D eigenvalue weighted by atomic mass is 10.1. The predicted molar refractivity (Wildman–Crippen MR) is 87.3 cm³/mol. The zero-order valence-corrected chi connectivity index (χ0v) is 14.1. The van der Waals surface area contributed by atoms with Gasteiger partial charge in [0.05, 0.1) is 9.23 Å². The van der Waals surface area contributed by atoms with Crippen LogP contribution in [0.15, 0.2) is 41.3 Å². The van der Waals surface area contributed by atoms with Gasteiger partial charge in [-0.15, -0.1) is 11.3 Å². The van der Waals surface area contributed by atoms with Crippen LogP contribution in [0.4, 0.5) is 0 Å². The van der Waals surface area contributed by atoms with Crippen LogP contribution < -0.4 is 10.0 Å². The van der Waals surface area contributed by atoms with Crippen molar-refractivity contribution in [2.24, 2.45) is 0 Å². The molecule has 4 nitrogen and oxygen atoms in total. The van der Waals surface area contributed by atoms with Crippen molar-refractivity contribution in [2.75, 3.05) is 7.05 Å². The Kier molecular flexibility index (Phi) is 5.40. The molecule has 1 unspecified atom stereocenters. The molecular formula is C14H17ClN2O2S2. The molecule has 2 N–H and O–H groups in total. The summed E-state index contributed by atoms with van der Waals surface area (Å²) >= 11 is 7.20. The smallest absolute Gasteiger partial charge is 0.240 e. The van der Waals surface area contributed by atoms with E-state index in [0.29, 0.717) is 4.34 Å². The molecule has 0 fully saturated rings. The lowest BCUT2D eigenvalue weighted by Crippen LogP contribution is -2.23. The quantitative estimate of drug-likeness (QED) is 0.846. The van der Waals surface area contributed by atoms with Crippen molar-refractivity contribution in [3.05, 3.63) is 51.2 Å². The van der Waals surface area contributed by atoms with E-state index in [1.807, 2.05) is 26.1 Å². The SMILES string of the molecule is CNC(C)c1cccc(S(=O)(=O)NCc2ccc(Cl)s2)c1. The number of rotatable bonds is 6. The first-order chi connectivity index (χ1) is 9.92. The summed E-state index contributed by atoms with van der Waals surface area (Å²) < 4.78 is 27.9. The molecule has 0 radical (unpaired) electrons. The number of sulfonamides is 1.